The van der Waals surface area contributed by atoms with Gasteiger partial charge in [0.15, 0.2) is 0 Å². The van der Waals surface area contributed by atoms with E-state index in [0.717, 1.165) is 5.69 Å². The lowest BCUT2D eigenvalue weighted by molar-refractivity contribution is -0.130. The molecular formula is C19H24N2O3. The van der Waals surface area contributed by atoms with Gasteiger partial charge in [-0.15, -0.1) is 0 Å². The first-order valence-electron chi connectivity index (χ1n) is 8.94. The van der Waals surface area contributed by atoms with Crippen molar-refractivity contribution in [2.45, 2.75) is 38.1 Å². The van der Waals surface area contributed by atoms with Gasteiger partial charge in [0, 0.05) is 12.5 Å². The highest BCUT2D eigenvalue weighted by atomic mass is 16.5. The number of para-hydroxylation sites is 2. The monoisotopic (exact) mass is 328 g/mol. The maximum Gasteiger partial charge on any atom is 0.249 e. The van der Waals surface area contributed by atoms with Gasteiger partial charge < -0.3 is 15.0 Å². The van der Waals surface area contributed by atoms with Gasteiger partial charge in [-0.3, -0.25) is 9.59 Å². The van der Waals surface area contributed by atoms with E-state index in [1.807, 2.05) is 24.3 Å². The minimum Gasteiger partial charge on any atom is -0.495 e. The van der Waals surface area contributed by atoms with Crippen LogP contribution in [0.3, 0.4) is 0 Å². The molecule has 128 valence electrons. The van der Waals surface area contributed by atoms with Gasteiger partial charge in [0.1, 0.15) is 11.8 Å². The van der Waals surface area contributed by atoms with Crippen molar-refractivity contribution in [3.8, 4) is 5.75 Å². The molecule has 2 aliphatic carbocycles. The first kappa shape index (κ1) is 15.5. The molecule has 0 bridgehead atoms. The van der Waals surface area contributed by atoms with Gasteiger partial charge >= 0.3 is 0 Å². The molecule has 1 heterocycles. The Morgan fingerprint density at radius 3 is 2.46 bits per heavy atom. The van der Waals surface area contributed by atoms with Gasteiger partial charge in [0.2, 0.25) is 11.8 Å². The van der Waals surface area contributed by atoms with E-state index < -0.39 is 6.04 Å². The maximum atomic E-state index is 12.8. The summed E-state index contributed by atoms with van der Waals surface area (Å²) in [5.41, 5.74) is 0.780. The van der Waals surface area contributed by atoms with Crippen LogP contribution in [0.2, 0.25) is 0 Å². The average molecular weight is 328 g/mol. The van der Waals surface area contributed by atoms with Gasteiger partial charge in [-0.25, -0.2) is 0 Å². The van der Waals surface area contributed by atoms with Crippen LogP contribution in [0.4, 0.5) is 5.69 Å². The zero-order chi connectivity index (χ0) is 16.7. The average Bonchev–Trinajstić information content (AvgIpc) is 3.51. The Hall–Kier alpha value is -2.04. The summed E-state index contributed by atoms with van der Waals surface area (Å²) in [6, 6.07) is 7.12. The van der Waals surface area contributed by atoms with Crippen molar-refractivity contribution in [2.24, 2.45) is 17.8 Å². The SMILES string of the molecule is COc1ccccc1N1CCC(NC(=O)C(C2CC2)C2CC2)C1=O. The molecule has 0 radical (unpaired) electrons. The first-order chi connectivity index (χ1) is 11.7. The van der Waals surface area contributed by atoms with Gasteiger partial charge in [-0.2, -0.15) is 0 Å². The minimum atomic E-state index is -0.401. The van der Waals surface area contributed by atoms with E-state index in [1.165, 1.54) is 25.7 Å². The second-order valence-corrected chi connectivity index (χ2v) is 7.21. The zero-order valence-corrected chi connectivity index (χ0v) is 14.0. The van der Waals surface area contributed by atoms with E-state index in [4.69, 9.17) is 4.74 Å². The van der Waals surface area contributed by atoms with Gasteiger partial charge in [0.05, 0.1) is 12.8 Å². The molecule has 2 saturated carbocycles. The molecular weight excluding hydrogens is 304 g/mol. The van der Waals surface area contributed by atoms with E-state index in [9.17, 15) is 9.59 Å². The second kappa shape index (κ2) is 6.11. The lowest BCUT2D eigenvalue weighted by atomic mass is 9.96. The Morgan fingerprint density at radius 1 is 1.17 bits per heavy atom. The third-order valence-corrected chi connectivity index (χ3v) is 5.46. The van der Waals surface area contributed by atoms with Gasteiger partial charge in [0.25, 0.3) is 0 Å². The van der Waals surface area contributed by atoms with Crippen molar-refractivity contribution in [2.75, 3.05) is 18.6 Å². The Bertz CT molecular complexity index is 640. The Labute approximate surface area is 142 Å². The summed E-state index contributed by atoms with van der Waals surface area (Å²) in [6.07, 6.45) is 5.33. The Kier molecular flexibility index (Phi) is 3.94. The number of rotatable bonds is 6. The predicted molar refractivity (Wildman–Crippen MR) is 90.8 cm³/mol. The van der Waals surface area contributed by atoms with Crippen LogP contribution in [0, 0.1) is 17.8 Å². The summed E-state index contributed by atoms with van der Waals surface area (Å²) >= 11 is 0. The lowest BCUT2D eigenvalue weighted by Gasteiger charge is -2.21. The van der Waals surface area contributed by atoms with Crippen LogP contribution >= 0.6 is 0 Å². The molecule has 1 aromatic carbocycles. The maximum absolute atomic E-state index is 12.8. The second-order valence-electron chi connectivity index (χ2n) is 7.21. The molecule has 1 aliphatic heterocycles. The van der Waals surface area contributed by atoms with E-state index in [1.54, 1.807) is 12.0 Å². The molecule has 4 rings (SSSR count). The normalized spacial score (nSPS) is 23.7. The Balaban J connectivity index is 1.44. The predicted octanol–water partition coefficient (Wildman–Crippen LogP) is 2.35. The summed E-state index contributed by atoms with van der Waals surface area (Å²) < 4.78 is 5.36. The van der Waals surface area contributed by atoms with Crippen LogP contribution in [0.15, 0.2) is 24.3 Å². The summed E-state index contributed by atoms with van der Waals surface area (Å²) in [7, 11) is 1.61. The fourth-order valence-corrected chi connectivity index (χ4v) is 3.90. The largest absolute Gasteiger partial charge is 0.495 e. The topological polar surface area (TPSA) is 58.6 Å². The fraction of sp³-hybridized carbons (Fsp3) is 0.579. The highest BCUT2D eigenvalue weighted by Gasteiger charge is 2.47. The number of nitrogens with zero attached hydrogens (tertiary/aromatic N) is 1. The van der Waals surface area contributed by atoms with Crippen LogP contribution in [0.25, 0.3) is 0 Å². The number of hydrogen-bond acceptors (Lipinski definition) is 3. The van der Waals surface area contributed by atoms with E-state index in [2.05, 4.69) is 5.32 Å². The molecule has 5 nitrogen and oxygen atoms in total. The summed E-state index contributed by atoms with van der Waals surface area (Å²) in [6.45, 7) is 0.613. The third-order valence-electron chi connectivity index (χ3n) is 5.46. The molecule has 3 aliphatic rings. The van der Waals surface area contributed by atoms with Crippen molar-refractivity contribution in [3.05, 3.63) is 24.3 Å². The van der Waals surface area contributed by atoms with Crippen molar-refractivity contribution < 1.29 is 14.3 Å². The van der Waals surface area contributed by atoms with E-state index in [0.29, 0.717) is 30.6 Å². The number of carbonyl (C=O) groups excluding carboxylic acids is 2. The molecule has 0 spiro atoms. The zero-order valence-electron chi connectivity index (χ0n) is 14.0. The van der Waals surface area contributed by atoms with Crippen LogP contribution in [-0.2, 0) is 9.59 Å². The number of ether oxygens (including phenoxy) is 1. The first-order valence-corrected chi connectivity index (χ1v) is 8.94. The van der Waals surface area contributed by atoms with Gasteiger partial charge in [-0.1, -0.05) is 12.1 Å². The highest BCUT2D eigenvalue weighted by Crippen LogP contribution is 2.49. The van der Waals surface area contributed by atoms with Crippen LogP contribution in [-0.4, -0.2) is 31.5 Å². The number of methoxy groups -OCH3 is 1. The molecule has 1 N–H and O–H groups in total. The molecule has 3 fully saturated rings. The minimum absolute atomic E-state index is 0.0295. The number of benzene rings is 1. The number of amides is 2. The number of carbonyl (C=O) groups is 2. The molecule has 5 heteroatoms. The van der Waals surface area contributed by atoms with Crippen molar-refractivity contribution >= 4 is 17.5 Å². The number of nitrogens with one attached hydrogen (secondary N) is 1. The van der Waals surface area contributed by atoms with Crippen molar-refractivity contribution in [1.82, 2.24) is 5.32 Å². The fourth-order valence-electron chi connectivity index (χ4n) is 3.90. The molecule has 0 aromatic heterocycles. The number of hydrogen-bond donors (Lipinski definition) is 1. The van der Waals surface area contributed by atoms with Crippen LogP contribution in [0.1, 0.15) is 32.1 Å². The third kappa shape index (κ3) is 2.87. The molecule has 1 aromatic rings. The van der Waals surface area contributed by atoms with Gasteiger partial charge in [-0.05, 0) is 56.1 Å². The van der Waals surface area contributed by atoms with E-state index in [-0.39, 0.29) is 17.7 Å². The molecule has 1 atom stereocenters. The van der Waals surface area contributed by atoms with E-state index >= 15 is 0 Å². The standard InChI is InChI=1S/C19H24N2O3/c1-24-16-5-3-2-4-15(16)21-11-10-14(19(21)23)20-18(22)17(12-6-7-12)13-8-9-13/h2-5,12-14,17H,6-11H2,1H3,(H,20,22). The summed E-state index contributed by atoms with van der Waals surface area (Å²) in [5.74, 6) is 2.00. The van der Waals surface area contributed by atoms with Crippen molar-refractivity contribution in [1.29, 1.82) is 0 Å². The highest BCUT2D eigenvalue weighted by molar-refractivity contribution is 6.02. The molecule has 1 saturated heterocycles. The molecule has 1 unspecified atom stereocenters. The summed E-state index contributed by atoms with van der Waals surface area (Å²) in [4.78, 5) is 27.2. The van der Waals surface area contributed by atoms with Crippen LogP contribution < -0.4 is 15.0 Å². The summed E-state index contributed by atoms with van der Waals surface area (Å²) in [5, 5.41) is 3.04. The quantitative estimate of drug-likeness (QED) is 0.872. The lowest BCUT2D eigenvalue weighted by Crippen LogP contribution is -2.45. The Morgan fingerprint density at radius 2 is 1.83 bits per heavy atom. The van der Waals surface area contributed by atoms with Crippen molar-refractivity contribution in [3.63, 3.8) is 0 Å². The molecule has 24 heavy (non-hydrogen) atoms. The molecule has 2 amide bonds. The number of anilines is 1. The smallest absolute Gasteiger partial charge is 0.249 e. The van der Waals surface area contributed by atoms with Crippen LogP contribution in [0.5, 0.6) is 5.75 Å².